The van der Waals surface area contributed by atoms with Crippen LogP contribution in [0.2, 0.25) is 0 Å². The molecule has 7 heteroatoms. The van der Waals surface area contributed by atoms with Crippen molar-refractivity contribution < 1.29 is 5.48 Å². The van der Waals surface area contributed by atoms with Gasteiger partial charge in [0, 0.05) is 0 Å². The number of aromatic nitrogens is 4. The lowest BCUT2D eigenvalue weighted by atomic mass is 11.6. The molecule has 0 atom stereocenters. The Labute approximate surface area is 71.1 Å². The van der Waals surface area contributed by atoms with Crippen LogP contribution in [0.4, 0.5) is 0 Å². The zero-order valence-electron chi connectivity index (χ0n) is 5.41. The molecule has 11 heavy (non-hydrogen) atoms. The van der Waals surface area contributed by atoms with Crippen molar-refractivity contribution in [2.45, 2.75) is 0 Å². The summed E-state index contributed by atoms with van der Waals surface area (Å²) < 4.78 is 0. The fourth-order valence-corrected chi connectivity index (χ4v) is 0.816. The Morgan fingerprint density at radius 3 is 1.00 bits per heavy atom. The maximum atomic E-state index is 3.49. The van der Waals surface area contributed by atoms with Gasteiger partial charge in [-0.15, -0.1) is 43.1 Å². The van der Waals surface area contributed by atoms with Crippen LogP contribution in [-0.4, -0.2) is 25.9 Å². The van der Waals surface area contributed by atoms with E-state index in [2.05, 4.69) is 20.4 Å². The molecular weight excluding hydrogens is 184 g/mol. The lowest BCUT2D eigenvalue weighted by molar-refractivity contribution is 0.824. The molecule has 0 unspecified atom stereocenters. The molecule has 0 aliphatic carbocycles. The van der Waals surface area contributed by atoms with Crippen molar-refractivity contribution in [3.63, 3.8) is 0 Å². The minimum absolute atomic E-state index is 0. The third-order valence-electron chi connectivity index (χ3n) is 0.565. The zero-order chi connectivity index (χ0) is 7.07. The smallest absolute Gasteiger partial charge is 0.103 e. The first-order chi connectivity index (χ1) is 5.00. The molecule has 2 N–H and O–H groups in total. The molecule has 5 nitrogen and oxygen atoms in total. The molecule has 2 rings (SSSR count). The highest BCUT2D eigenvalue weighted by molar-refractivity contribution is 7.07. The zero-order valence-corrected chi connectivity index (χ0v) is 7.05. The third kappa shape index (κ3) is 5.52. The molecular formula is C4H6N4OS2. The fourth-order valence-electron chi connectivity index (χ4n) is 0.272. The van der Waals surface area contributed by atoms with E-state index in [0.29, 0.717) is 0 Å². The van der Waals surface area contributed by atoms with Gasteiger partial charge in [0.1, 0.15) is 22.0 Å². The minimum atomic E-state index is 0. The van der Waals surface area contributed by atoms with Crippen molar-refractivity contribution in [1.29, 1.82) is 0 Å². The van der Waals surface area contributed by atoms with Crippen LogP contribution in [0.25, 0.3) is 0 Å². The summed E-state index contributed by atoms with van der Waals surface area (Å²) in [5, 5.41) is 14.0. The fraction of sp³-hybridized carbons (Fsp3) is 0. The second-order valence-corrected chi connectivity index (χ2v) is 2.54. The number of hydrogen-bond acceptors (Lipinski definition) is 6. The van der Waals surface area contributed by atoms with E-state index in [1.807, 2.05) is 0 Å². The van der Waals surface area contributed by atoms with Gasteiger partial charge in [-0.05, 0) is 0 Å². The van der Waals surface area contributed by atoms with E-state index in [1.165, 1.54) is 22.7 Å². The maximum Gasteiger partial charge on any atom is 0.103 e. The summed E-state index contributed by atoms with van der Waals surface area (Å²) in [6.45, 7) is 0. The van der Waals surface area contributed by atoms with Crippen molar-refractivity contribution in [3.05, 3.63) is 22.0 Å². The van der Waals surface area contributed by atoms with Crippen LogP contribution < -0.4 is 0 Å². The first-order valence-corrected chi connectivity index (χ1v) is 4.26. The summed E-state index contributed by atoms with van der Waals surface area (Å²) in [6.07, 6.45) is 0. The van der Waals surface area contributed by atoms with E-state index in [9.17, 15) is 0 Å². The molecule has 0 amide bonds. The van der Waals surface area contributed by atoms with Crippen LogP contribution in [0, 0.1) is 0 Å². The van der Waals surface area contributed by atoms with Gasteiger partial charge in [-0.3, -0.25) is 0 Å². The molecule has 2 aromatic rings. The molecule has 2 heterocycles. The summed E-state index contributed by atoms with van der Waals surface area (Å²) in [4.78, 5) is 0. The van der Waals surface area contributed by atoms with Crippen molar-refractivity contribution in [2.24, 2.45) is 0 Å². The Balaban J connectivity index is 0.000000167. The minimum Gasteiger partial charge on any atom is -0.412 e. The highest BCUT2D eigenvalue weighted by Crippen LogP contribution is 1.81. The van der Waals surface area contributed by atoms with Crippen molar-refractivity contribution >= 4 is 22.7 Å². The number of hydrogen-bond donors (Lipinski definition) is 0. The van der Waals surface area contributed by atoms with Crippen molar-refractivity contribution in [2.75, 3.05) is 0 Å². The van der Waals surface area contributed by atoms with E-state index in [1.54, 1.807) is 22.0 Å². The van der Waals surface area contributed by atoms with Gasteiger partial charge in [-0.2, -0.15) is 0 Å². The topological polar surface area (TPSA) is 83.1 Å². The van der Waals surface area contributed by atoms with Gasteiger partial charge in [0.15, 0.2) is 0 Å². The first kappa shape index (κ1) is 10.1. The van der Waals surface area contributed by atoms with Gasteiger partial charge in [0.05, 0.1) is 0 Å². The lowest BCUT2D eigenvalue weighted by Crippen LogP contribution is -1.53. The molecule has 0 aromatic carbocycles. The summed E-state index contributed by atoms with van der Waals surface area (Å²) in [5.74, 6) is 0. The average Bonchev–Trinajstić information content (AvgIpc) is 2.67. The standard InChI is InChI=1S/2C2H2N2S.H2O/c2*1-3-4-2-5-1;/h2*1-2H;1H2. The Hall–Kier alpha value is -0.920. The van der Waals surface area contributed by atoms with Gasteiger partial charge in [-0.1, -0.05) is 0 Å². The predicted molar refractivity (Wildman–Crippen MR) is 43.4 cm³/mol. The van der Waals surface area contributed by atoms with E-state index in [0.717, 1.165) is 0 Å². The van der Waals surface area contributed by atoms with Crippen LogP contribution in [0.5, 0.6) is 0 Å². The van der Waals surface area contributed by atoms with Crippen molar-refractivity contribution in [3.8, 4) is 0 Å². The summed E-state index contributed by atoms with van der Waals surface area (Å²) in [5.41, 5.74) is 6.72. The van der Waals surface area contributed by atoms with Gasteiger partial charge >= 0.3 is 0 Å². The van der Waals surface area contributed by atoms with Gasteiger partial charge in [0.2, 0.25) is 0 Å². The Bertz CT molecular complexity index is 159. The van der Waals surface area contributed by atoms with Crippen LogP contribution in [0.3, 0.4) is 0 Å². The SMILES string of the molecule is O.c1nncs1.c1nncs1. The summed E-state index contributed by atoms with van der Waals surface area (Å²) >= 11 is 2.98. The molecule has 0 bridgehead atoms. The Morgan fingerprint density at radius 2 is 0.909 bits per heavy atom. The summed E-state index contributed by atoms with van der Waals surface area (Å²) in [7, 11) is 0. The molecule has 0 radical (unpaired) electrons. The number of nitrogens with zero attached hydrogens (tertiary/aromatic N) is 4. The average molecular weight is 190 g/mol. The Morgan fingerprint density at radius 1 is 0.636 bits per heavy atom. The molecule has 2 aromatic heterocycles. The quantitative estimate of drug-likeness (QED) is 0.596. The highest BCUT2D eigenvalue weighted by Gasteiger charge is 1.61. The van der Waals surface area contributed by atoms with Crippen LogP contribution in [0.1, 0.15) is 0 Å². The molecule has 0 spiro atoms. The van der Waals surface area contributed by atoms with E-state index in [4.69, 9.17) is 0 Å². The van der Waals surface area contributed by atoms with E-state index in [-0.39, 0.29) is 5.48 Å². The second-order valence-electron chi connectivity index (χ2n) is 1.16. The normalized spacial score (nSPS) is 7.27. The molecule has 0 saturated heterocycles. The van der Waals surface area contributed by atoms with Gasteiger partial charge in [-0.25, -0.2) is 0 Å². The Kier molecular flexibility index (Phi) is 6.59. The third-order valence-corrected chi connectivity index (χ3v) is 1.43. The van der Waals surface area contributed by atoms with E-state index < -0.39 is 0 Å². The lowest BCUT2D eigenvalue weighted by Gasteiger charge is -1.41. The molecule has 0 fully saturated rings. The molecule has 0 aliphatic rings. The van der Waals surface area contributed by atoms with E-state index >= 15 is 0 Å². The second kappa shape index (κ2) is 7.19. The molecule has 0 saturated carbocycles. The van der Waals surface area contributed by atoms with Crippen molar-refractivity contribution in [1.82, 2.24) is 20.4 Å². The van der Waals surface area contributed by atoms with Gasteiger partial charge in [0.25, 0.3) is 0 Å². The largest absolute Gasteiger partial charge is 0.412 e. The number of rotatable bonds is 0. The molecule has 60 valence electrons. The van der Waals surface area contributed by atoms with Crippen LogP contribution >= 0.6 is 22.7 Å². The predicted octanol–water partition coefficient (Wildman–Crippen LogP) is 0.251. The first-order valence-electron chi connectivity index (χ1n) is 2.38. The van der Waals surface area contributed by atoms with Crippen LogP contribution in [-0.2, 0) is 0 Å². The molecule has 0 aliphatic heterocycles. The van der Waals surface area contributed by atoms with Crippen LogP contribution in [0.15, 0.2) is 22.0 Å². The highest BCUT2D eigenvalue weighted by atomic mass is 32.1. The summed E-state index contributed by atoms with van der Waals surface area (Å²) in [6, 6.07) is 0. The van der Waals surface area contributed by atoms with Gasteiger partial charge < -0.3 is 5.48 Å². The monoisotopic (exact) mass is 190 g/mol. The maximum absolute atomic E-state index is 3.49.